The van der Waals surface area contributed by atoms with Crippen LogP contribution in [0.1, 0.15) is 27.7 Å². The van der Waals surface area contributed by atoms with E-state index in [2.05, 4.69) is 48.4 Å². The Bertz CT molecular complexity index is 429. The number of hydrogen-bond donors (Lipinski definition) is 3. The Morgan fingerprint density at radius 1 is 1.29 bits per heavy atom. The van der Waals surface area contributed by atoms with Crippen molar-refractivity contribution in [3.63, 3.8) is 0 Å². The fourth-order valence-corrected chi connectivity index (χ4v) is 2.38. The molecule has 17 heavy (non-hydrogen) atoms. The average molecular weight is 256 g/mol. The summed E-state index contributed by atoms with van der Waals surface area (Å²) in [5, 5.41) is 3.86. The minimum atomic E-state index is 0.220. The second-order valence-electron chi connectivity index (χ2n) is 5.56. The van der Waals surface area contributed by atoms with E-state index in [0.29, 0.717) is 22.8 Å². The second kappa shape index (κ2) is 3.71. The zero-order valence-electron chi connectivity index (χ0n) is 10.5. The molecule has 5 nitrogen and oxygen atoms in total. The van der Waals surface area contributed by atoms with Gasteiger partial charge in [0.05, 0.1) is 6.20 Å². The lowest BCUT2D eigenvalue weighted by molar-refractivity contribution is 0.457. The van der Waals surface area contributed by atoms with Crippen LogP contribution in [0, 0.1) is 10.8 Å². The zero-order valence-corrected chi connectivity index (χ0v) is 11.3. The van der Waals surface area contributed by atoms with Crippen LogP contribution in [0.3, 0.4) is 0 Å². The fourth-order valence-electron chi connectivity index (χ4n) is 2.23. The van der Waals surface area contributed by atoms with E-state index >= 15 is 0 Å². The largest absolute Gasteiger partial charge is 0.365 e. The number of nitrogens with one attached hydrogen (secondary N) is 2. The number of rotatable bonds is 3. The second-order valence-corrected chi connectivity index (χ2v) is 5.96. The van der Waals surface area contributed by atoms with E-state index in [9.17, 15) is 0 Å². The molecule has 1 aromatic heterocycles. The van der Waals surface area contributed by atoms with Gasteiger partial charge in [-0.05, 0) is 10.8 Å². The van der Waals surface area contributed by atoms with Crippen molar-refractivity contribution in [1.82, 2.24) is 9.97 Å². The predicted molar refractivity (Wildman–Crippen MR) is 69.8 cm³/mol. The van der Waals surface area contributed by atoms with Gasteiger partial charge in [-0.1, -0.05) is 39.3 Å². The lowest BCUT2D eigenvalue weighted by Gasteiger charge is -2.10. The third-order valence-electron chi connectivity index (χ3n) is 4.17. The minimum Gasteiger partial charge on any atom is -0.365 e. The molecule has 0 spiro atoms. The minimum absolute atomic E-state index is 0.220. The number of aromatic nitrogens is 2. The van der Waals surface area contributed by atoms with E-state index in [1.807, 2.05) is 0 Å². The van der Waals surface area contributed by atoms with Crippen LogP contribution in [0.15, 0.2) is 6.20 Å². The number of halogens is 1. The van der Waals surface area contributed by atoms with Gasteiger partial charge in [-0.3, -0.25) is 5.43 Å². The van der Waals surface area contributed by atoms with E-state index in [1.54, 1.807) is 0 Å². The highest BCUT2D eigenvalue weighted by Crippen LogP contribution is 2.63. The molecule has 1 fully saturated rings. The first-order chi connectivity index (χ1) is 7.80. The summed E-state index contributed by atoms with van der Waals surface area (Å²) in [5.41, 5.74) is 2.85. The molecule has 0 aromatic carbocycles. The highest BCUT2D eigenvalue weighted by Gasteiger charge is 2.65. The number of nitrogens with zero attached hydrogens (tertiary/aromatic N) is 2. The SMILES string of the molecule is CC1(C)C(Nc2nc(NN)ncc2Cl)C1(C)C. The van der Waals surface area contributed by atoms with Gasteiger partial charge >= 0.3 is 0 Å². The smallest absolute Gasteiger partial charge is 0.239 e. The maximum atomic E-state index is 6.06. The van der Waals surface area contributed by atoms with E-state index in [-0.39, 0.29) is 10.8 Å². The normalized spacial score (nSPS) is 21.1. The monoisotopic (exact) mass is 255 g/mol. The Morgan fingerprint density at radius 3 is 2.35 bits per heavy atom. The number of hydrazine groups is 1. The quantitative estimate of drug-likeness (QED) is 0.571. The summed E-state index contributed by atoms with van der Waals surface area (Å²) < 4.78 is 0. The van der Waals surface area contributed by atoms with Crippen molar-refractivity contribution in [3.8, 4) is 0 Å². The molecule has 4 N–H and O–H groups in total. The topological polar surface area (TPSA) is 75.9 Å². The lowest BCUT2D eigenvalue weighted by Crippen LogP contribution is -2.15. The molecule has 0 aliphatic heterocycles. The maximum absolute atomic E-state index is 6.06. The summed E-state index contributed by atoms with van der Waals surface area (Å²) in [6.45, 7) is 8.90. The third kappa shape index (κ3) is 1.83. The molecule has 1 saturated carbocycles. The lowest BCUT2D eigenvalue weighted by atomic mass is 10.0. The van der Waals surface area contributed by atoms with Crippen molar-refractivity contribution in [2.75, 3.05) is 10.7 Å². The highest BCUT2D eigenvalue weighted by atomic mass is 35.5. The number of hydrogen-bond acceptors (Lipinski definition) is 5. The molecular formula is C11H18ClN5. The van der Waals surface area contributed by atoms with E-state index in [0.717, 1.165) is 0 Å². The molecule has 2 rings (SSSR count). The fraction of sp³-hybridized carbons (Fsp3) is 0.636. The Labute approximate surface area is 106 Å². The van der Waals surface area contributed by atoms with Crippen molar-refractivity contribution in [3.05, 3.63) is 11.2 Å². The van der Waals surface area contributed by atoms with E-state index in [1.165, 1.54) is 6.20 Å². The Kier molecular flexibility index (Phi) is 2.71. The van der Waals surface area contributed by atoms with Crippen molar-refractivity contribution in [1.29, 1.82) is 0 Å². The first-order valence-electron chi connectivity index (χ1n) is 5.56. The summed E-state index contributed by atoms with van der Waals surface area (Å²) in [4.78, 5) is 8.15. The van der Waals surface area contributed by atoms with Gasteiger partial charge in [-0.15, -0.1) is 0 Å². The van der Waals surface area contributed by atoms with Crippen LogP contribution < -0.4 is 16.6 Å². The molecule has 0 radical (unpaired) electrons. The third-order valence-corrected chi connectivity index (χ3v) is 4.45. The number of nitrogen functional groups attached to an aromatic ring is 1. The standard InChI is InChI=1S/C11H18ClN5/c1-10(2)8(11(10,3)4)15-7-6(12)5-14-9(16-7)17-13/h5,8H,13H2,1-4H3,(H2,14,15,16,17). The summed E-state index contributed by atoms with van der Waals surface area (Å²) in [5.74, 6) is 6.25. The predicted octanol–water partition coefficient (Wildman–Crippen LogP) is 2.26. The van der Waals surface area contributed by atoms with Crippen LogP contribution in [0.25, 0.3) is 0 Å². The summed E-state index contributed by atoms with van der Waals surface area (Å²) >= 11 is 6.06. The maximum Gasteiger partial charge on any atom is 0.239 e. The van der Waals surface area contributed by atoms with Crippen molar-refractivity contribution in [2.24, 2.45) is 16.7 Å². The molecule has 0 saturated heterocycles. The Hall–Kier alpha value is -1.07. The van der Waals surface area contributed by atoms with Crippen LogP contribution in [0.5, 0.6) is 0 Å². The first-order valence-corrected chi connectivity index (χ1v) is 5.94. The van der Waals surface area contributed by atoms with Gasteiger partial charge in [0.15, 0.2) is 5.82 Å². The van der Waals surface area contributed by atoms with Crippen LogP contribution in [0.4, 0.5) is 11.8 Å². The molecule has 94 valence electrons. The highest BCUT2D eigenvalue weighted by molar-refractivity contribution is 6.32. The van der Waals surface area contributed by atoms with E-state index in [4.69, 9.17) is 17.4 Å². The Morgan fingerprint density at radius 2 is 1.88 bits per heavy atom. The molecule has 0 unspecified atom stereocenters. The van der Waals surface area contributed by atoms with Crippen LogP contribution >= 0.6 is 11.6 Å². The Balaban J connectivity index is 2.21. The van der Waals surface area contributed by atoms with Gasteiger partial charge in [0.25, 0.3) is 0 Å². The van der Waals surface area contributed by atoms with Crippen LogP contribution in [-0.2, 0) is 0 Å². The molecule has 0 amide bonds. The van der Waals surface area contributed by atoms with Crippen LogP contribution in [0.2, 0.25) is 5.02 Å². The van der Waals surface area contributed by atoms with Crippen molar-refractivity contribution >= 4 is 23.4 Å². The number of nitrogens with two attached hydrogens (primary N) is 1. The molecule has 1 aromatic rings. The van der Waals surface area contributed by atoms with Gasteiger partial charge < -0.3 is 5.32 Å². The summed E-state index contributed by atoms with van der Waals surface area (Å²) in [7, 11) is 0. The molecule has 6 heteroatoms. The van der Waals surface area contributed by atoms with Gasteiger partial charge in [0, 0.05) is 6.04 Å². The van der Waals surface area contributed by atoms with Gasteiger partial charge in [0.1, 0.15) is 5.02 Å². The van der Waals surface area contributed by atoms with Crippen molar-refractivity contribution < 1.29 is 0 Å². The van der Waals surface area contributed by atoms with Gasteiger partial charge in [0.2, 0.25) is 5.95 Å². The zero-order chi connectivity index (χ0) is 12.8. The molecule has 1 heterocycles. The van der Waals surface area contributed by atoms with Gasteiger partial charge in [-0.25, -0.2) is 10.8 Å². The van der Waals surface area contributed by atoms with E-state index < -0.39 is 0 Å². The molecular weight excluding hydrogens is 238 g/mol. The molecule has 1 aliphatic rings. The van der Waals surface area contributed by atoms with Crippen LogP contribution in [-0.4, -0.2) is 16.0 Å². The van der Waals surface area contributed by atoms with Gasteiger partial charge in [-0.2, -0.15) is 4.98 Å². The first kappa shape index (κ1) is 12.4. The number of anilines is 2. The molecule has 0 bridgehead atoms. The van der Waals surface area contributed by atoms with Crippen molar-refractivity contribution in [2.45, 2.75) is 33.7 Å². The average Bonchev–Trinajstić information content (AvgIpc) is 2.64. The molecule has 0 atom stereocenters. The summed E-state index contributed by atoms with van der Waals surface area (Å²) in [6.07, 6.45) is 1.54. The summed E-state index contributed by atoms with van der Waals surface area (Å²) in [6, 6.07) is 0.341. The molecule has 1 aliphatic carbocycles.